The summed E-state index contributed by atoms with van der Waals surface area (Å²) in [6.45, 7) is 5.84. The van der Waals surface area contributed by atoms with Crippen LogP contribution in [0.15, 0.2) is 12.1 Å². The zero-order chi connectivity index (χ0) is 12.8. The summed E-state index contributed by atoms with van der Waals surface area (Å²) in [6, 6.07) is 2.51. The van der Waals surface area contributed by atoms with Gasteiger partial charge in [0.15, 0.2) is 11.5 Å². The lowest BCUT2D eigenvalue weighted by atomic mass is 9.96. The average Bonchev–Trinajstić information content (AvgIpc) is 2.60. The van der Waals surface area contributed by atoms with E-state index in [-0.39, 0.29) is 16.1 Å². The molecule has 0 aliphatic rings. The van der Waals surface area contributed by atoms with Gasteiger partial charge in [-0.05, 0) is 12.1 Å². The molecule has 0 spiro atoms. The Morgan fingerprint density at radius 3 is 2.47 bits per heavy atom. The molecule has 0 fully saturated rings. The van der Waals surface area contributed by atoms with Gasteiger partial charge in [0.05, 0.1) is 0 Å². The van der Waals surface area contributed by atoms with E-state index < -0.39 is 6.43 Å². The standard InChI is InChI=1S/C11H12ClF2N3/c1-11(2,3)10-15-8-5-6(9(13)14)4-7(12)17(8)16-10/h4-5,9H,1-3H3. The Bertz CT molecular complexity index is 558. The Hall–Kier alpha value is -1.23. The number of fused-ring (bicyclic) bond motifs is 1. The highest BCUT2D eigenvalue weighted by molar-refractivity contribution is 6.29. The zero-order valence-corrected chi connectivity index (χ0v) is 10.5. The molecule has 6 heteroatoms. The van der Waals surface area contributed by atoms with Gasteiger partial charge >= 0.3 is 0 Å². The van der Waals surface area contributed by atoms with E-state index >= 15 is 0 Å². The zero-order valence-electron chi connectivity index (χ0n) is 9.71. The van der Waals surface area contributed by atoms with Crippen molar-refractivity contribution in [3.05, 3.63) is 28.7 Å². The molecule has 0 unspecified atom stereocenters. The third kappa shape index (κ3) is 2.24. The lowest BCUT2D eigenvalue weighted by Crippen LogP contribution is -2.13. The number of rotatable bonds is 1. The number of hydrogen-bond donors (Lipinski definition) is 0. The second-order valence-corrected chi connectivity index (χ2v) is 5.25. The van der Waals surface area contributed by atoms with Gasteiger partial charge in [-0.15, -0.1) is 5.10 Å². The topological polar surface area (TPSA) is 30.2 Å². The second kappa shape index (κ2) is 3.91. The van der Waals surface area contributed by atoms with Crippen LogP contribution in [-0.2, 0) is 5.41 Å². The lowest BCUT2D eigenvalue weighted by molar-refractivity contribution is 0.151. The summed E-state index contributed by atoms with van der Waals surface area (Å²) >= 11 is 5.90. The van der Waals surface area contributed by atoms with Crippen LogP contribution in [0.3, 0.4) is 0 Å². The van der Waals surface area contributed by atoms with Gasteiger partial charge in [-0.2, -0.15) is 0 Å². The summed E-state index contributed by atoms with van der Waals surface area (Å²) in [6.07, 6.45) is -2.56. The Labute approximate surface area is 102 Å². The van der Waals surface area contributed by atoms with Gasteiger partial charge in [0.2, 0.25) is 0 Å². The number of hydrogen-bond acceptors (Lipinski definition) is 2. The molecule has 0 aliphatic heterocycles. The lowest BCUT2D eigenvalue weighted by Gasteiger charge is -2.11. The minimum absolute atomic E-state index is 0.140. The smallest absolute Gasteiger partial charge is 0.211 e. The summed E-state index contributed by atoms with van der Waals surface area (Å²) in [5, 5.41) is 4.35. The van der Waals surface area contributed by atoms with E-state index in [9.17, 15) is 8.78 Å². The largest absolute Gasteiger partial charge is 0.264 e. The van der Waals surface area contributed by atoms with Gasteiger partial charge in [0.25, 0.3) is 6.43 Å². The van der Waals surface area contributed by atoms with Crippen molar-refractivity contribution in [2.24, 2.45) is 0 Å². The number of nitrogens with zero attached hydrogens (tertiary/aromatic N) is 3. The Balaban J connectivity index is 2.65. The number of halogens is 3. The maximum absolute atomic E-state index is 12.6. The predicted octanol–water partition coefficient (Wildman–Crippen LogP) is 3.62. The van der Waals surface area contributed by atoms with Crippen LogP contribution < -0.4 is 0 Å². The van der Waals surface area contributed by atoms with E-state index in [0.29, 0.717) is 11.5 Å². The quantitative estimate of drug-likeness (QED) is 0.732. The van der Waals surface area contributed by atoms with Crippen molar-refractivity contribution >= 4 is 17.2 Å². The first-order valence-electron chi connectivity index (χ1n) is 5.14. The van der Waals surface area contributed by atoms with Crippen LogP contribution in [0.4, 0.5) is 8.78 Å². The molecule has 0 N–H and O–H groups in total. The number of alkyl halides is 2. The normalized spacial score (nSPS) is 12.6. The van der Waals surface area contributed by atoms with Crippen LogP contribution in [0.25, 0.3) is 5.65 Å². The first kappa shape index (κ1) is 12.2. The fourth-order valence-electron chi connectivity index (χ4n) is 1.41. The molecule has 0 atom stereocenters. The van der Waals surface area contributed by atoms with E-state index in [0.717, 1.165) is 0 Å². The molecule has 3 nitrogen and oxygen atoms in total. The molecule has 2 aromatic heterocycles. The van der Waals surface area contributed by atoms with Crippen LogP contribution in [0.2, 0.25) is 5.15 Å². The van der Waals surface area contributed by atoms with Crippen molar-refractivity contribution in [3.8, 4) is 0 Å². The fraction of sp³-hybridized carbons (Fsp3) is 0.455. The molecular weight excluding hydrogens is 248 g/mol. The van der Waals surface area contributed by atoms with Gasteiger partial charge in [0, 0.05) is 11.0 Å². The third-order valence-corrected chi connectivity index (χ3v) is 2.61. The summed E-state index contributed by atoms with van der Waals surface area (Å²) in [5.41, 5.74) is -0.0477. The monoisotopic (exact) mass is 259 g/mol. The van der Waals surface area contributed by atoms with Crippen molar-refractivity contribution in [2.45, 2.75) is 32.6 Å². The molecule has 0 saturated carbocycles. The van der Waals surface area contributed by atoms with E-state index in [2.05, 4.69) is 10.1 Å². The number of aromatic nitrogens is 3. The summed E-state index contributed by atoms with van der Waals surface area (Å²) in [5.74, 6) is 0.575. The Morgan fingerprint density at radius 2 is 1.94 bits per heavy atom. The van der Waals surface area contributed by atoms with Crippen molar-refractivity contribution in [1.82, 2.24) is 14.6 Å². The first-order valence-corrected chi connectivity index (χ1v) is 5.51. The maximum atomic E-state index is 12.6. The highest BCUT2D eigenvalue weighted by Crippen LogP contribution is 2.26. The van der Waals surface area contributed by atoms with Gasteiger partial charge in [-0.1, -0.05) is 32.4 Å². The van der Waals surface area contributed by atoms with E-state index in [4.69, 9.17) is 11.6 Å². The molecular formula is C11H12ClF2N3. The van der Waals surface area contributed by atoms with Crippen LogP contribution >= 0.6 is 11.6 Å². The van der Waals surface area contributed by atoms with Gasteiger partial charge in [0.1, 0.15) is 5.15 Å². The van der Waals surface area contributed by atoms with Gasteiger partial charge in [-0.3, -0.25) is 0 Å². The van der Waals surface area contributed by atoms with Crippen LogP contribution in [0.5, 0.6) is 0 Å². The van der Waals surface area contributed by atoms with Crippen molar-refractivity contribution in [1.29, 1.82) is 0 Å². The first-order chi connectivity index (χ1) is 7.79. The van der Waals surface area contributed by atoms with Crippen molar-refractivity contribution in [3.63, 3.8) is 0 Å². The maximum Gasteiger partial charge on any atom is 0.264 e. The molecule has 0 saturated heterocycles. The molecule has 2 rings (SSSR count). The highest BCUT2D eigenvalue weighted by Gasteiger charge is 2.21. The van der Waals surface area contributed by atoms with Crippen LogP contribution in [-0.4, -0.2) is 14.6 Å². The van der Waals surface area contributed by atoms with E-state index in [1.807, 2.05) is 20.8 Å². The molecule has 0 aromatic carbocycles. The molecule has 0 radical (unpaired) electrons. The minimum Gasteiger partial charge on any atom is -0.211 e. The van der Waals surface area contributed by atoms with Crippen LogP contribution in [0.1, 0.15) is 38.6 Å². The number of pyridine rings is 1. The Morgan fingerprint density at radius 1 is 1.29 bits per heavy atom. The SMILES string of the molecule is CC(C)(C)c1nc2cc(C(F)F)cc(Cl)n2n1. The molecule has 2 heterocycles. The molecule has 92 valence electrons. The molecule has 0 aliphatic carbocycles. The van der Waals surface area contributed by atoms with E-state index in [1.54, 1.807) is 0 Å². The van der Waals surface area contributed by atoms with Crippen molar-refractivity contribution in [2.75, 3.05) is 0 Å². The summed E-state index contributed by atoms with van der Waals surface area (Å²) in [4.78, 5) is 4.22. The molecule has 2 aromatic rings. The minimum atomic E-state index is -2.56. The van der Waals surface area contributed by atoms with E-state index in [1.165, 1.54) is 16.6 Å². The third-order valence-electron chi connectivity index (χ3n) is 2.34. The summed E-state index contributed by atoms with van der Waals surface area (Å²) < 4.78 is 26.6. The van der Waals surface area contributed by atoms with Gasteiger partial charge < -0.3 is 0 Å². The summed E-state index contributed by atoms with van der Waals surface area (Å²) in [7, 11) is 0. The fourth-order valence-corrected chi connectivity index (χ4v) is 1.66. The van der Waals surface area contributed by atoms with Gasteiger partial charge in [-0.25, -0.2) is 18.3 Å². The van der Waals surface area contributed by atoms with Crippen LogP contribution in [0, 0.1) is 0 Å². The van der Waals surface area contributed by atoms with Crippen molar-refractivity contribution < 1.29 is 8.78 Å². The highest BCUT2D eigenvalue weighted by atomic mass is 35.5. The molecule has 0 amide bonds. The Kier molecular flexibility index (Phi) is 2.81. The predicted molar refractivity (Wildman–Crippen MR) is 61.7 cm³/mol. The second-order valence-electron chi connectivity index (χ2n) is 4.87. The average molecular weight is 260 g/mol. The molecule has 0 bridgehead atoms. The molecule has 17 heavy (non-hydrogen) atoms.